The van der Waals surface area contributed by atoms with Crippen LogP contribution in [0.5, 0.6) is 0 Å². The third-order valence-corrected chi connectivity index (χ3v) is 3.36. The fourth-order valence-electron chi connectivity index (χ4n) is 2.21. The van der Waals surface area contributed by atoms with E-state index in [1.807, 2.05) is 0 Å². The predicted octanol–water partition coefficient (Wildman–Crippen LogP) is 5.01. The van der Waals surface area contributed by atoms with Crippen molar-refractivity contribution < 1.29 is 1.43 Å². The summed E-state index contributed by atoms with van der Waals surface area (Å²) in [7, 11) is 0. The van der Waals surface area contributed by atoms with Gasteiger partial charge in [-0.1, -0.05) is 47.6 Å². The van der Waals surface area contributed by atoms with Crippen LogP contribution in [0, 0.1) is 0 Å². The van der Waals surface area contributed by atoms with E-state index >= 15 is 0 Å². The number of aromatic amines is 1. The molecule has 94 valence electrons. The highest BCUT2D eigenvalue weighted by Gasteiger charge is 2.20. The summed E-state index contributed by atoms with van der Waals surface area (Å²) in [6, 6.07) is 6.77. The molecule has 0 unspecified atom stereocenters. The molecule has 0 aliphatic carbocycles. The standard InChI is InChI=1S/C16H23N.H2/c1-15(2,3)11-7-8-14-12(9-11)13(10-17-14)16(4,5)6;/h7-10,17H,1-6H3;1H. The van der Waals surface area contributed by atoms with Crippen LogP contribution in [0.1, 0.15) is 54.1 Å². The molecular weight excluding hydrogens is 206 g/mol. The molecule has 1 heterocycles. The van der Waals surface area contributed by atoms with Crippen molar-refractivity contribution in [2.24, 2.45) is 0 Å². The highest BCUT2D eigenvalue weighted by atomic mass is 14.7. The SMILES string of the molecule is CC(C)(C)c1ccc2[nH]cc(C(C)(C)C)c2c1.[HH]. The van der Waals surface area contributed by atoms with Gasteiger partial charge >= 0.3 is 0 Å². The number of hydrogen-bond acceptors (Lipinski definition) is 0. The van der Waals surface area contributed by atoms with Crippen LogP contribution in [0.25, 0.3) is 10.9 Å². The lowest BCUT2D eigenvalue weighted by atomic mass is 9.83. The van der Waals surface area contributed by atoms with E-state index in [1.165, 1.54) is 22.0 Å². The monoisotopic (exact) mass is 231 g/mol. The van der Waals surface area contributed by atoms with E-state index in [0.717, 1.165) is 0 Å². The van der Waals surface area contributed by atoms with Crippen LogP contribution in [-0.4, -0.2) is 4.98 Å². The molecule has 0 aliphatic heterocycles. The second-order valence-corrected chi connectivity index (χ2v) is 6.96. The molecule has 1 N–H and O–H groups in total. The second-order valence-electron chi connectivity index (χ2n) is 6.96. The lowest BCUT2D eigenvalue weighted by Gasteiger charge is -2.21. The molecule has 0 radical (unpaired) electrons. The van der Waals surface area contributed by atoms with Crippen molar-refractivity contribution in [2.75, 3.05) is 0 Å². The van der Waals surface area contributed by atoms with Crippen molar-refractivity contribution in [3.05, 3.63) is 35.5 Å². The van der Waals surface area contributed by atoms with Crippen LogP contribution in [0.2, 0.25) is 0 Å². The highest BCUT2D eigenvalue weighted by Crippen LogP contribution is 2.33. The maximum absolute atomic E-state index is 3.37. The van der Waals surface area contributed by atoms with Crippen molar-refractivity contribution in [1.82, 2.24) is 4.98 Å². The Labute approximate surface area is 106 Å². The molecule has 0 spiro atoms. The van der Waals surface area contributed by atoms with Crippen LogP contribution >= 0.6 is 0 Å². The Balaban J connectivity index is 0.00000162. The van der Waals surface area contributed by atoms with Gasteiger partial charge in [-0.2, -0.15) is 0 Å². The van der Waals surface area contributed by atoms with E-state index < -0.39 is 0 Å². The largest absolute Gasteiger partial charge is 0.361 e. The minimum Gasteiger partial charge on any atom is -0.361 e. The summed E-state index contributed by atoms with van der Waals surface area (Å²) in [5.41, 5.74) is 4.44. The predicted molar refractivity (Wildman–Crippen MR) is 77.8 cm³/mol. The Hall–Kier alpha value is -1.24. The van der Waals surface area contributed by atoms with Gasteiger partial charge in [0.05, 0.1) is 0 Å². The van der Waals surface area contributed by atoms with E-state index in [-0.39, 0.29) is 12.3 Å². The average Bonchev–Trinajstić information content (AvgIpc) is 2.57. The van der Waals surface area contributed by atoms with E-state index in [9.17, 15) is 0 Å². The highest BCUT2D eigenvalue weighted by molar-refractivity contribution is 5.85. The molecule has 1 aromatic heterocycles. The zero-order chi connectivity index (χ0) is 12.8. The van der Waals surface area contributed by atoms with Gasteiger partial charge in [-0.25, -0.2) is 0 Å². The van der Waals surface area contributed by atoms with Crippen LogP contribution in [0.3, 0.4) is 0 Å². The molecule has 1 aromatic carbocycles. The minimum absolute atomic E-state index is 0. The fraction of sp³-hybridized carbons (Fsp3) is 0.500. The molecule has 0 saturated heterocycles. The molecule has 0 aliphatic rings. The molecule has 0 bridgehead atoms. The van der Waals surface area contributed by atoms with Crippen LogP contribution < -0.4 is 0 Å². The van der Waals surface area contributed by atoms with Crippen molar-refractivity contribution >= 4 is 10.9 Å². The second kappa shape index (κ2) is 3.63. The first-order valence-corrected chi connectivity index (χ1v) is 6.32. The van der Waals surface area contributed by atoms with Gasteiger partial charge in [-0.05, 0) is 34.1 Å². The van der Waals surface area contributed by atoms with E-state index in [4.69, 9.17) is 0 Å². The maximum atomic E-state index is 3.37. The molecule has 1 nitrogen and oxygen atoms in total. The Morgan fingerprint density at radius 1 is 0.941 bits per heavy atom. The first-order chi connectivity index (χ1) is 7.69. The fourth-order valence-corrected chi connectivity index (χ4v) is 2.21. The number of H-pyrrole nitrogens is 1. The normalized spacial score (nSPS) is 13.3. The summed E-state index contributed by atoms with van der Waals surface area (Å²) >= 11 is 0. The number of aromatic nitrogens is 1. The molecule has 1 heteroatoms. The summed E-state index contributed by atoms with van der Waals surface area (Å²) in [5, 5.41) is 1.37. The van der Waals surface area contributed by atoms with Crippen LogP contribution in [-0.2, 0) is 10.8 Å². The number of hydrogen-bond donors (Lipinski definition) is 1. The molecule has 2 aromatic rings. The summed E-state index contributed by atoms with van der Waals surface area (Å²) < 4.78 is 0. The number of rotatable bonds is 0. The minimum atomic E-state index is 0. The Kier molecular flexibility index (Phi) is 2.61. The van der Waals surface area contributed by atoms with Gasteiger partial charge in [0.1, 0.15) is 0 Å². The van der Waals surface area contributed by atoms with Crippen LogP contribution in [0.4, 0.5) is 0 Å². The molecule has 17 heavy (non-hydrogen) atoms. The van der Waals surface area contributed by atoms with Crippen molar-refractivity contribution in [3.8, 4) is 0 Å². The first-order valence-electron chi connectivity index (χ1n) is 6.32. The molecule has 0 atom stereocenters. The summed E-state index contributed by atoms with van der Waals surface area (Å²) in [6.07, 6.45) is 2.15. The molecule has 0 amide bonds. The molecule has 0 saturated carbocycles. The Morgan fingerprint density at radius 2 is 1.59 bits per heavy atom. The Bertz CT molecular complexity index is 538. The number of benzene rings is 1. The van der Waals surface area contributed by atoms with E-state index in [1.54, 1.807) is 0 Å². The number of nitrogens with one attached hydrogen (secondary N) is 1. The average molecular weight is 231 g/mol. The summed E-state index contributed by atoms with van der Waals surface area (Å²) in [5.74, 6) is 0. The molecule has 2 rings (SSSR count). The smallest absolute Gasteiger partial charge is 0.0457 e. The lowest BCUT2D eigenvalue weighted by molar-refractivity contribution is 0.588. The summed E-state index contributed by atoms with van der Waals surface area (Å²) in [6.45, 7) is 13.6. The van der Waals surface area contributed by atoms with Gasteiger partial charge < -0.3 is 4.98 Å². The van der Waals surface area contributed by atoms with Gasteiger partial charge in [0.2, 0.25) is 0 Å². The van der Waals surface area contributed by atoms with Crippen molar-refractivity contribution in [2.45, 2.75) is 52.4 Å². The third-order valence-electron chi connectivity index (χ3n) is 3.36. The van der Waals surface area contributed by atoms with Gasteiger partial charge in [-0.15, -0.1) is 0 Å². The zero-order valence-electron chi connectivity index (χ0n) is 11.8. The van der Waals surface area contributed by atoms with E-state index in [0.29, 0.717) is 0 Å². The topological polar surface area (TPSA) is 15.8 Å². The molecule has 0 fully saturated rings. The quantitative estimate of drug-likeness (QED) is 0.656. The third kappa shape index (κ3) is 2.24. The number of fused-ring (bicyclic) bond motifs is 1. The first kappa shape index (κ1) is 12.2. The van der Waals surface area contributed by atoms with Crippen molar-refractivity contribution in [1.29, 1.82) is 0 Å². The summed E-state index contributed by atoms with van der Waals surface area (Å²) in [4.78, 5) is 3.37. The zero-order valence-corrected chi connectivity index (χ0v) is 11.8. The van der Waals surface area contributed by atoms with Crippen LogP contribution in [0.15, 0.2) is 24.4 Å². The van der Waals surface area contributed by atoms with E-state index in [2.05, 4.69) is 70.9 Å². The van der Waals surface area contributed by atoms with Gasteiger partial charge in [0.15, 0.2) is 0 Å². The Morgan fingerprint density at radius 3 is 2.12 bits per heavy atom. The maximum Gasteiger partial charge on any atom is 0.0457 e. The van der Waals surface area contributed by atoms with Gasteiger partial charge in [-0.3, -0.25) is 0 Å². The molecular formula is C16H25N. The van der Waals surface area contributed by atoms with Crippen molar-refractivity contribution in [3.63, 3.8) is 0 Å². The van der Waals surface area contributed by atoms with Gasteiger partial charge in [0.25, 0.3) is 0 Å². The lowest BCUT2D eigenvalue weighted by Crippen LogP contribution is -2.12. The van der Waals surface area contributed by atoms with Gasteiger partial charge in [0, 0.05) is 18.5 Å².